The van der Waals surface area contributed by atoms with Crippen molar-refractivity contribution in [1.82, 2.24) is 4.90 Å². The largest absolute Gasteiger partial charge is 0.378 e. The van der Waals surface area contributed by atoms with E-state index in [1.54, 1.807) is 0 Å². The second-order valence-corrected chi connectivity index (χ2v) is 7.26. The Morgan fingerprint density at radius 3 is 1.64 bits per heavy atom. The summed E-state index contributed by atoms with van der Waals surface area (Å²) in [7, 11) is 0. The van der Waals surface area contributed by atoms with Gasteiger partial charge in [-0.05, 0) is 25.7 Å². The third-order valence-corrected chi connectivity index (χ3v) is 5.13. The fourth-order valence-electron chi connectivity index (χ4n) is 3.57. The molecule has 1 fully saturated rings. The number of hydrogen-bond acceptors (Lipinski definition) is 2. The maximum absolute atomic E-state index is 10.2. The SMILES string of the molecule is CCCCCCCCCCCCCCC(O)N1CCCCC1. The highest BCUT2D eigenvalue weighted by atomic mass is 16.3. The van der Waals surface area contributed by atoms with Crippen LogP contribution in [0.5, 0.6) is 0 Å². The van der Waals surface area contributed by atoms with Gasteiger partial charge in [0, 0.05) is 13.1 Å². The maximum Gasteiger partial charge on any atom is 0.107 e. The summed E-state index contributed by atoms with van der Waals surface area (Å²) < 4.78 is 0. The summed E-state index contributed by atoms with van der Waals surface area (Å²) in [5, 5.41) is 10.2. The number of hydrogen-bond donors (Lipinski definition) is 1. The van der Waals surface area contributed by atoms with Crippen molar-refractivity contribution in [1.29, 1.82) is 0 Å². The Labute approximate surface area is 139 Å². The Balaban J connectivity index is 1.77. The van der Waals surface area contributed by atoms with E-state index in [9.17, 15) is 5.11 Å². The molecule has 1 aliphatic rings. The first-order valence-electron chi connectivity index (χ1n) is 10.3. The molecule has 0 aliphatic carbocycles. The number of piperidine rings is 1. The van der Waals surface area contributed by atoms with Crippen molar-refractivity contribution >= 4 is 0 Å². The zero-order valence-electron chi connectivity index (χ0n) is 15.2. The van der Waals surface area contributed by atoms with Crippen LogP contribution >= 0.6 is 0 Å². The molecular formula is C20H41NO. The minimum Gasteiger partial charge on any atom is -0.378 e. The van der Waals surface area contributed by atoms with E-state index in [1.807, 2.05) is 0 Å². The summed E-state index contributed by atoms with van der Waals surface area (Å²) in [6.07, 6.45) is 21.4. The van der Waals surface area contributed by atoms with Crippen molar-refractivity contribution in [3.8, 4) is 0 Å². The molecule has 22 heavy (non-hydrogen) atoms. The molecule has 2 nitrogen and oxygen atoms in total. The highest BCUT2D eigenvalue weighted by Crippen LogP contribution is 2.16. The van der Waals surface area contributed by atoms with E-state index in [2.05, 4.69) is 11.8 Å². The Hall–Kier alpha value is -0.0800. The van der Waals surface area contributed by atoms with E-state index in [-0.39, 0.29) is 6.23 Å². The van der Waals surface area contributed by atoms with Crippen LogP contribution in [0, 0.1) is 0 Å². The second kappa shape index (κ2) is 14.5. The van der Waals surface area contributed by atoms with E-state index in [0.29, 0.717) is 0 Å². The zero-order chi connectivity index (χ0) is 15.9. The van der Waals surface area contributed by atoms with E-state index in [0.717, 1.165) is 19.5 Å². The predicted molar refractivity (Wildman–Crippen MR) is 97.1 cm³/mol. The first kappa shape index (κ1) is 20.0. The molecule has 0 amide bonds. The van der Waals surface area contributed by atoms with Crippen molar-refractivity contribution in [2.75, 3.05) is 13.1 Å². The number of nitrogens with zero attached hydrogens (tertiary/aromatic N) is 1. The molecule has 1 unspecified atom stereocenters. The van der Waals surface area contributed by atoms with Gasteiger partial charge in [-0.25, -0.2) is 0 Å². The fraction of sp³-hybridized carbons (Fsp3) is 1.00. The van der Waals surface area contributed by atoms with Crippen LogP contribution in [0.15, 0.2) is 0 Å². The van der Waals surface area contributed by atoms with Crippen molar-refractivity contribution in [2.45, 2.75) is 116 Å². The van der Waals surface area contributed by atoms with Crippen LogP contribution in [0.25, 0.3) is 0 Å². The van der Waals surface area contributed by atoms with Crippen molar-refractivity contribution in [3.63, 3.8) is 0 Å². The van der Waals surface area contributed by atoms with Gasteiger partial charge in [-0.1, -0.05) is 84.0 Å². The maximum atomic E-state index is 10.2. The lowest BCUT2D eigenvalue weighted by molar-refractivity contribution is -0.0148. The van der Waals surface area contributed by atoms with Crippen LogP contribution in [0.1, 0.15) is 110 Å². The summed E-state index contributed by atoms with van der Waals surface area (Å²) in [5.74, 6) is 0. The van der Waals surface area contributed by atoms with E-state index < -0.39 is 0 Å². The molecule has 1 saturated heterocycles. The molecule has 0 aromatic rings. The van der Waals surface area contributed by atoms with Crippen molar-refractivity contribution in [2.24, 2.45) is 0 Å². The Morgan fingerprint density at radius 1 is 0.682 bits per heavy atom. The molecule has 0 aromatic carbocycles. The first-order chi connectivity index (χ1) is 10.8. The number of aliphatic hydroxyl groups excluding tert-OH is 1. The molecule has 132 valence electrons. The molecule has 1 heterocycles. The van der Waals surface area contributed by atoms with Crippen molar-refractivity contribution in [3.05, 3.63) is 0 Å². The van der Waals surface area contributed by atoms with Crippen LogP contribution in [0.3, 0.4) is 0 Å². The van der Waals surface area contributed by atoms with Gasteiger partial charge in [0.25, 0.3) is 0 Å². The summed E-state index contributed by atoms with van der Waals surface area (Å²) in [4.78, 5) is 2.28. The average molecular weight is 312 g/mol. The molecule has 0 saturated carbocycles. The van der Waals surface area contributed by atoms with Crippen LogP contribution in [0.2, 0.25) is 0 Å². The van der Waals surface area contributed by atoms with Gasteiger partial charge in [0.1, 0.15) is 6.23 Å². The Kier molecular flexibility index (Phi) is 13.2. The van der Waals surface area contributed by atoms with Gasteiger partial charge in [-0.2, -0.15) is 0 Å². The lowest BCUT2D eigenvalue weighted by Crippen LogP contribution is -2.39. The summed E-state index contributed by atoms with van der Waals surface area (Å²) >= 11 is 0. The third-order valence-electron chi connectivity index (χ3n) is 5.13. The molecule has 1 aliphatic heterocycles. The Morgan fingerprint density at radius 2 is 1.14 bits per heavy atom. The van der Waals surface area contributed by atoms with Gasteiger partial charge in [0.2, 0.25) is 0 Å². The van der Waals surface area contributed by atoms with E-state index in [1.165, 1.54) is 96.3 Å². The molecule has 1 rings (SSSR count). The smallest absolute Gasteiger partial charge is 0.107 e. The molecule has 0 radical (unpaired) electrons. The highest BCUT2D eigenvalue weighted by molar-refractivity contribution is 4.67. The highest BCUT2D eigenvalue weighted by Gasteiger charge is 2.17. The third kappa shape index (κ3) is 10.6. The topological polar surface area (TPSA) is 23.5 Å². The molecule has 1 N–H and O–H groups in total. The number of aliphatic hydroxyl groups is 1. The minimum absolute atomic E-state index is 0.163. The molecule has 0 aromatic heterocycles. The molecule has 0 bridgehead atoms. The van der Waals surface area contributed by atoms with Gasteiger partial charge < -0.3 is 5.11 Å². The summed E-state index contributed by atoms with van der Waals surface area (Å²) in [6.45, 7) is 4.50. The van der Waals surface area contributed by atoms with Gasteiger partial charge in [-0.3, -0.25) is 4.90 Å². The molecule has 2 heteroatoms. The average Bonchev–Trinajstić information content (AvgIpc) is 2.56. The van der Waals surface area contributed by atoms with Crippen LogP contribution in [-0.4, -0.2) is 29.3 Å². The minimum atomic E-state index is -0.163. The lowest BCUT2D eigenvalue weighted by Gasteiger charge is -2.31. The quantitative estimate of drug-likeness (QED) is 0.405. The Bertz CT molecular complexity index is 226. The predicted octanol–water partition coefficient (Wildman–Crippen LogP) is 5.88. The van der Waals surface area contributed by atoms with Gasteiger partial charge in [0.15, 0.2) is 0 Å². The monoisotopic (exact) mass is 311 g/mol. The van der Waals surface area contributed by atoms with Gasteiger partial charge >= 0.3 is 0 Å². The molecule has 1 atom stereocenters. The molecule has 0 spiro atoms. The van der Waals surface area contributed by atoms with Crippen molar-refractivity contribution < 1.29 is 5.11 Å². The summed E-state index contributed by atoms with van der Waals surface area (Å²) in [5.41, 5.74) is 0. The summed E-state index contributed by atoms with van der Waals surface area (Å²) in [6, 6.07) is 0. The number of likely N-dealkylation sites (tertiary alicyclic amines) is 1. The standard InChI is InChI=1S/C20H41NO/c1-2-3-4-5-6-7-8-9-10-11-12-14-17-20(22)21-18-15-13-16-19-21/h20,22H,2-19H2,1H3. The van der Waals surface area contributed by atoms with Gasteiger partial charge in [0.05, 0.1) is 0 Å². The zero-order valence-corrected chi connectivity index (χ0v) is 15.2. The fourth-order valence-corrected chi connectivity index (χ4v) is 3.57. The second-order valence-electron chi connectivity index (χ2n) is 7.26. The van der Waals surface area contributed by atoms with E-state index >= 15 is 0 Å². The van der Waals surface area contributed by atoms with Crippen LogP contribution < -0.4 is 0 Å². The number of rotatable bonds is 14. The lowest BCUT2D eigenvalue weighted by atomic mass is 10.0. The first-order valence-corrected chi connectivity index (χ1v) is 10.3. The molecular weight excluding hydrogens is 270 g/mol. The normalized spacial score (nSPS) is 17.7. The van der Waals surface area contributed by atoms with Crippen LogP contribution in [-0.2, 0) is 0 Å². The van der Waals surface area contributed by atoms with Gasteiger partial charge in [-0.15, -0.1) is 0 Å². The number of unbranched alkanes of at least 4 members (excludes halogenated alkanes) is 11. The van der Waals surface area contributed by atoms with E-state index in [4.69, 9.17) is 0 Å². The van der Waals surface area contributed by atoms with Crippen LogP contribution in [0.4, 0.5) is 0 Å².